The van der Waals surface area contributed by atoms with Crippen LogP contribution in [0.3, 0.4) is 0 Å². The lowest BCUT2D eigenvalue weighted by Gasteiger charge is -2.14. The summed E-state index contributed by atoms with van der Waals surface area (Å²) in [5.74, 6) is 1.71. The molecule has 0 saturated carbocycles. The van der Waals surface area contributed by atoms with Crippen LogP contribution in [0.1, 0.15) is 42.4 Å². The summed E-state index contributed by atoms with van der Waals surface area (Å²) in [6.45, 7) is 2.97. The molecule has 0 N–H and O–H groups in total. The highest BCUT2D eigenvalue weighted by Crippen LogP contribution is 2.33. The smallest absolute Gasteiger partial charge is 0.343 e. The lowest BCUT2D eigenvalue weighted by molar-refractivity contribution is 0.0728. The highest BCUT2D eigenvalue weighted by Gasteiger charge is 2.17. The van der Waals surface area contributed by atoms with E-state index in [1.165, 1.54) is 0 Å². The van der Waals surface area contributed by atoms with Gasteiger partial charge in [0.2, 0.25) is 0 Å². The third kappa shape index (κ3) is 4.66. The van der Waals surface area contributed by atoms with Crippen LogP contribution in [0.2, 0.25) is 0 Å². The number of benzene rings is 2. The highest BCUT2D eigenvalue weighted by molar-refractivity contribution is 5.91. The average molecular weight is 434 g/mol. The summed E-state index contributed by atoms with van der Waals surface area (Å²) in [5.41, 5.74) is 1.69. The predicted molar refractivity (Wildman–Crippen MR) is 121 cm³/mol. The van der Waals surface area contributed by atoms with Crippen LogP contribution >= 0.6 is 0 Å². The fourth-order valence-corrected chi connectivity index (χ4v) is 3.77. The predicted octanol–water partition coefficient (Wildman–Crippen LogP) is 4.26. The quantitative estimate of drug-likeness (QED) is 0.426. The van der Waals surface area contributed by atoms with Crippen molar-refractivity contribution < 1.29 is 19.0 Å². The van der Waals surface area contributed by atoms with Crippen LogP contribution in [0.25, 0.3) is 11.3 Å². The summed E-state index contributed by atoms with van der Waals surface area (Å²) in [6, 6.07) is 13.5. The minimum absolute atomic E-state index is 0.0418. The fourth-order valence-electron chi connectivity index (χ4n) is 3.77. The van der Waals surface area contributed by atoms with E-state index < -0.39 is 5.97 Å². The Morgan fingerprint density at radius 3 is 2.59 bits per heavy atom. The number of fused-ring (bicyclic) bond motifs is 1. The van der Waals surface area contributed by atoms with Crippen LogP contribution < -0.4 is 19.8 Å². The molecule has 166 valence electrons. The molecule has 0 fully saturated rings. The maximum absolute atomic E-state index is 12.6. The zero-order chi connectivity index (χ0) is 22.5. The molecular formula is C25H26N2O5. The summed E-state index contributed by atoms with van der Waals surface area (Å²) < 4.78 is 18.2. The average Bonchev–Trinajstić information content (AvgIpc) is 3.06. The van der Waals surface area contributed by atoms with Gasteiger partial charge in [-0.15, -0.1) is 0 Å². The van der Waals surface area contributed by atoms with Crippen molar-refractivity contribution in [2.75, 3.05) is 13.7 Å². The van der Waals surface area contributed by atoms with E-state index in [-0.39, 0.29) is 5.56 Å². The van der Waals surface area contributed by atoms with Gasteiger partial charge in [0, 0.05) is 24.6 Å². The van der Waals surface area contributed by atoms with Crippen molar-refractivity contribution in [2.45, 2.75) is 39.2 Å². The van der Waals surface area contributed by atoms with Crippen molar-refractivity contribution in [3.05, 3.63) is 70.3 Å². The van der Waals surface area contributed by atoms with Gasteiger partial charge in [0.25, 0.3) is 5.56 Å². The summed E-state index contributed by atoms with van der Waals surface area (Å²) >= 11 is 0. The van der Waals surface area contributed by atoms with E-state index in [2.05, 4.69) is 0 Å². The molecule has 1 aromatic heterocycles. The summed E-state index contributed by atoms with van der Waals surface area (Å²) in [7, 11) is 1.57. The van der Waals surface area contributed by atoms with E-state index in [9.17, 15) is 9.59 Å². The van der Waals surface area contributed by atoms with Gasteiger partial charge in [-0.05, 0) is 62.2 Å². The Labute approximate surface area is 186 Å². The van der Waals surface area contributed by atoms with E-state index in [0.717, 1.165) is 37.1 Å². The van der Waals surface area contributed by atoms with Crippen molar-refractivity contribution in [2.24, 2.45) is 0 Å². The summed E-state index contributed by atoms with van der Waals surface area (Å²) in [6.07, 6.45) is 3.91. The van der Waals surface area contributed by atoms with E-state index in [1.807, 2.05) is 6.92 Å². The third-order valence-electron chi connectivity index (χ3n) is 5.44. The molecule has 0 spiro atoms. The number of nitrogens with zero attached hydrogens (tertiary/aromatic N) is 2. The largest absolute Gasteiger partial charge is 0.497 e. The van der Waals surface area contributed by atoms with Crippen LogP contribution in [-0.4, -0.2) is 29.2 Å². The molecule has 1 aliphatic heterocycles. The standard InChI is InChI=1S/C25H26N2O5/c1-3-31-22-15-18(20-16-24(28)27-14-6-4-5-7-23(27)26-20)10-13-21(22)32-25(29)17-8-11-19(30-2)12-9-17/h8-13,15-16H,3-7,14H2,1-2H3. The first-order valence-corrected chi connectivity index (χ1v) is 10.8. The van der Waals surface area contributed by atoms with E-state index >= 15 is 0 Å². The van der Waals surface area contributed by atoms with Crippen molar-refractivity contribution in [1.82, 2.24) is 9.55 Å². The number of hydrogen-bond donors (Lipinski definition) is 0. The maximum Gasteiger partial charge on any atom is 0.343 e. The summed E-state index contributed by atoms with van der Waals surface area (Å²) in [5, 5.41) is 0. The van der Waals surface area contributed by atoms with Crippen molar-refractivity contribution in [1.29, 1.82) is 0 Å². The number of carbonyl (C=O) groups excluding carboxylic acids is 1. The minimum Gasteiger partial charge on any atom is -0.497 e. The zero-order valence-electron chi connectivity index (χ0n) is 18.3. The fraction of sp³-hybridized carbons (Fsp3) is 0.320. The molecule has 0 radical (unpaired) electrons. The van der Waals surface area contributed by atoms with Gasteiger partial charge in [0.15, 0.2) is 11.5 Å². The molecule has 4 rings (SSSR count). The van der Waals surface area contributed by atoms with Crippen LogP contribution in [0.5, 0.6) is 17.2 Å². The lowest BCUT2D eigenvalue weighted by Crippen LogP contribution is -2.23. The Morgan fingerprint density at radius 2 is 1.84 bits per heavy atom. The van der Waals surface area contributed by atoms with Gasteiger partial charge in [-0.2, -0.15) is 0 Å². The summed E-state index contributed by atoms with van der Waals surface area (Å²) in [4.78, 5) is 30.0. The Kier molecular flexibility index (Phi) is 6.54. The molecule has 0 bridgehead atoms. The van der Waals surface area contributed by atoms with Gasteiger partial charge in [-0.25, -0.2) is 9.78 Å². The first-order chi connectivity index (χ1) is 15.6. The molecule has 7 nitrogen and oxygen atoms in total. The van der Waals surface area contributed by atoms with E-state index in [4.69, 9.17) is 19.2 Å². The van der Waals surface area contributed by atoms with Crippen molar-refractivity contribution in [3.63, 3.8) is 0 Å². The maximum atomic E-state index is 12.6. The molecular weight excluding hydrogens is 408 g/mol. The zero-order valence-corrected chi connectivity index (χ0v) is 18.3. The second-order valence-corrected chi connectivity index (χ2v) is 7.57. The molecule has 0 unspecified atom stereocenters. The molecule has 0 amide bonds. The van der Waals surface area contributed by atoms with Gasteiger partial charge in [0.1, 0.15) is 11.6 Å². The number of rotatable bonds is 6. The van der Waals surface area contributed by atoms with Gasteiger partial charge >= 0.3 is 5.97 Å². The van der Waals surface area contributed by atoms with Crippen molar-refractivity contribution in [3.8, 4) is 28.5 Å². The Bertz CT molecular complexity index is 1170. The van der Waals surface area contributed by atoms with Gasteiger partial charge in [-0.1, -0.05) is 6.42 Å². The molecule has 0 aliphatic carbocycles. The second kappa shape index (κ2) is 9.68. The molecule has 7 heteroatoms. The minimum atomic E-state index is -0.497. The molecule has 0 atom stereocenters. The third-order valence-corrected chi connectivity index (χ3v) is 5.44. The molecule has 2 heterocycles. The number of carbonyl (C=O) groups is 1. The number of esters is 1. The monoisotopic (exact) mass is 434 g/mol. The number of hydrogen-bond acceptors (Lipinski definition) is 6. The first-order valence-electron chi connectivity index (χ1n) is 10.8. The molecule has 3 aromatic rings. The topological polar surface area (TPSA) is 79.7 Å². The Morgan fingerprint density at radius 1 is 1.03 bits per heavy atom. The van der Waals surface area contributed by atoms with Crippen LogP contribution in [-0.2, 0) is 13.0 Å². The first kappa shape index (κ1) is 21.6. The molecule has 0 saturated heterocycles. The van der Waals surface area contributed by atoms with Gasteiger partial charge in [-0.3, -0.25) is 9.36 Å². The van der Waals surface area contributed by atoms with Gasteiger partial charge < -0.3 is 14.2 Å². The molecule has 2 aromatic carbocycles. The number of aromatic nitrogens is 2. The lowest BCUT2D eigenvalue weighted by atomic mass is 10.1. The van der Waals surface area contributed by atoms with E-state index in [0.29, 0.717) is 41.7 Å². The van der Waals surface area contributed by atoms with E-state index in [1.54, 1.807) is 60.2 Å². The molecule has 32 heavy (non-hydrogen) atoms. The Balaban J connectivity index is 1.63. The number of aryl methyl sites for hydroxylation is 1. The van der Waals surface area contributed by atoms with Crippen LogP contribution in [0.15, 0.2) is 53.3 Å². The second-order valence-electron chi connectivity index (χ2n) is 7.57. The van der Waals surface area contributed by atoms with Gasteiger partial charge in [0.05, 0.1) is 25.0 Å². The number of ether oxygens (including phenoxy) is 3. The Hall–Kier alpha value is -3.61. The normalized spacial score (nSPS) is 13.1. The SMILES string of the molecule is CCOc1cc(-c2cc(=O)n3c(n2)CCCCC3)ccc1OC(=O)c1ccc(OC)cc1. The van der Waals surface area contributed by atoms with Crippen LogP contribution in [0.4, 0.5) is 0 Å². The molecule has 1 aliphatic rings. The van der Waals surface area contributed by atoms with Crippen molar-refractivity contribution >= 4 is 5.97 Å². The van der Waals surface area contributed by atoms with Crippen LogP contribution in [0, 0.1) is 0 Å². The highest BCUT2D eigenvalue weighted by atomic mass is 16.6. The number of methoxy groups -OCH3 is 1.